The smallest absolute Gasteiger partial charge is 0.221 e. The lowest BCUT2D eigenvalue weighted by molar-refractivity contribution is -0.121. The van der Waals surface area contributed by atoms with Gasteiger partial charge in [-0.3, -0.25) is 4.79 Å². The summed E-state index contributed by atoms with van der Waals surface area (Å²) in [5, 5.41) is 6.21. The molecule has 1 aromatic carbocycles. The van der Waals surface area contributed by atoms with Gasteiger partial charge in [0.2, 0.25) is 5.91 Å². The molecular formula is C14H22N2O. The van der Waals surface area contributed by atoms with Crippen molar-refractivity contribution in [2.75, 3.05) is 6.54 Å². The van der Waals surface area contributed by atoms with Gasteiger partial charge in [-0.25, -0.2) is 0 Å². The van der Waals surface area contributed by atoms with Gasteiger partial charge in [0.05, 0.1) is 0 Å². The van der Waals surface area contributed by atoms with E-state index in [1.165, 1.54) is 0 Å². The van der Waals surface area contributed by atoms with E-state index in [-0.39, 0.29) is 5.91 Å². The Balaban J connectivity index is 2.13. The maximum atomic E-state index is 11.5. The largest absolute Gasteiger partial charge is 0.352 e. The van der Waals surface area contributed by atoms with Crippen LogP contribution < -0.4 is 10.6 Å². The number of carbonyl (C=O) groups is 1. The van der Waals surface area contributed by atoms with Gasteiger partial charge >= 0.3 is 0 Å². The third-order valence-electron chi connectivity index (χ3n) is 2.79. The zero-order valence-electron chi connectivity index (χ0n) is 10.7. The summed E-state index contributed by atoms with van der Waals surface area (Å²) < 4.78 is 0. The number of amides is 1. The Kier molecular flexibility index (Phi) is 6.33. The van der Waals surface area contributed by atoms with Gasteiger partial charge < -0.3 is 10.6 Å². The Morgan fingerprint density at radius 3 is 2.65 bits per heavy atom. The number of nitrogens with one attached hydrogen (secondary N) is 2. The van der Waals surface area contributed by atoms with Gasteiger partial charge in [0.1, 0.15) is 0 Å². The summed E-state index contributed by atoms with van der Waals surface area (Å²) in [4.78, 5) is 11.5. The predicted octanol–water partition coefficient (Wildman–Crippen LogP) is 2.08. The average molecular weight is 234 g/mol. The van der Waals surface area contributed by atoms with Crippen LogP contribution in [-0.4, -0.2) is 18.5 Å². The second-order valence-electron chi connectivity index (χ2n) is 4.28. The number of benzene rings is 1. The second kappa shape index (κ2) is 7.85. The molecule has 0 bridgehead atoms. The summed E-state index contributed by atoms with van der Waals surface area (Å²) in [6.07, 6.45) is 1.63. The van der Waals surface area contributed by atoms with Crippen molar-refractivity contribution >= 4 is 5.91 Å². The Morgan fingerprint density at radius 1 is 1.29 bits per heavy atom. The lowest BCUT2D eigenvalue weighted by Crippen LogP contribution is -2.31. The van der Waals surface area contributed by atoms with Crippen molar-refractivity contribution in [3.05, 3.63) is 35.9 Å². The molecule has 0 aliphatic rings. The van der Waals surface area contributed by atoms with Gasteiger partial charge in [-0.2, -0.15) is 0 Å². The van der Waals surface area contributed by atoms with Crippen molar-refractivity contribution < 1.29 is 4.79 Å². The molecule has 0 heterocycles. The highest BCUT2D eigenvalue weighted by Crippen LogP contribution is 1.97. The molecule has 0 aliphatic heterocycles. The fraction of sp³-hybridized carbons (Fsp3) is 0.500. The molecule has 0 radical (unpaired) electrons. The SMILES string of the molecule is CCC(C)NCCC(=O)NCc1ccccc1. The van der Waals surface area contributed by atoms with E-state index < -0.39 is 0 Å². The van der Waals surface area contributed by atoms with Crippen LogP contribution in [0.25, 0.3) is 0 Å². The molecule has 0 aliphatic carbocycles. The third-order valence-corrected chi connectivity index (χ3v) is 2.79. The summed E-state index contributed by atoms with van der Waals surface area (Å²) in [7, 11) is 0. The van der Waals surface area contributed by atoms with E-state index in [4.69, 9.17) is 0 Å². The lowest BCUT2D eigenvalue weighted by atomic mass is 10.2. The zero-order valence-corrected chi connectivity index (χ0v) is 10.7. The highest BCUT2D eigenvalue weighted by molar-refractivity contribution is 5.76. The molecule has 0 saturated heterocycles. The molecule has 3 nitrogen and oxygen atoms in total. The van der Waals surface area contributed by atoms with Crippen LogP contribution in [0.15, 0.2) is 30.3 Å². The standard InChI is InChI=1S/C14H22N2O/c1-3-12(2)15-10-9-14(17)16-11-13-7-5-4-6-8-13/h4-8,12,15H,3,9-11H2,1-2H3,(H,16,17). The van der Waals surface area contributed by atoms with Crippen LogP contribution in [0.4, 0.5) is 0 Å². The monoisotopic (exact) mass is 234 g/mol. The van der Waals surface area contributed by atoms with E-state index in [1.807, 2.05) is 30.3 Å². The average Bonchev–Trinajstić information content (AvgIpc) is 2.37. The van der Waals surface area contributed by atoms with Crippen LogP contribution in [0.2, 0.25) is 0 Å². The second-order valence-corrected chi connectivity index (χ2v) is 4.28. The molecule has 2 N–H and O–H groups in total. The minimum Gasteiger partial charge on any atom is -0.352 e. The first-order valence-corrected chi connectivity index (χ1v) is 6.26. The molecule has 1 unspecified atom stereocenters. The van der Waals surface area contributed by atoms with E-state index >= 15 is 0 Å². The minimum absolute atomic E-state index is 0.102. The quantitative estimate of drug-likeness (QED) is 0.758. The van der Waals surface area contributed by atoms with Crippen molar-refractivity contribution in [1.82, 2.24) is 10.6 Å². The number of hydrogen-bond donors (Lipinski definition) is 2. The van der Waals surface area contributed by atoms with Crippen molar-refractivity contribution in [2.24, 2.45) is 0 Å². The Labute approximate surface area is 104 Å². The molecule has 0 saturated carbocycles. The highest BCUT2D eigenvalue weighted by Gasteiger charge is 2.02. The third kappa shape index (κ3) is 6.07. The number of rotatable bonds is 7. The number of hydrogen-bond acceptors (Lipinski definition) is 2. The molecule has 0 fully saturated rings. The van der Waals surface area contributed by atoms with E-state index in [0.717, 1.165) is 18.5 Å². The highest BCUT2D eigenvalue weighted by atomic mass is 16.1. The summed E-state index contributed by atoms with van der Waals surface area (Å²) >= 11 is 0. The normalized spacial score (nSPS) is 12.1. The zero-order chi connectivity index (χ0) is 12.5. The van der Waals surface area contributed by atoms with Crippen LogP contribution in [-0.2, 0) is 11.3 Å². The van der Waals surface area contributed by atoms with Gasteiger partial charge in [-0.05, 0) is 18.9 Å². The fourth-order valence-corrected chi connectivity index (χ4v) is 1.46. The number of carbonyl (C=O) groups excluding carboxylic acids is 1. The molecule has 1 rings (SSSR count). The Hall–Kier alpha value is -1.35. The van der Waals surface area contributed by atoms with Crippen molar-refractivity contribution in [3.8, 4) is 0 Å². The van der Waals surface area contributed by atoms with Crippen LogP contribution in [0.3, 0.4) is 0 Å². The first-order chi connectivity index (χ1) is 8.22. The lowest BCUT2D eigenvalue weighted by Gasteiger charge is -2.11. The molecule has 94 valence electrons. The molecule has 1 amide bonds. The fourth-order valence-electron chi connectivity index (χ4n) is 1.46. The summed E-state index contributed by atoms with van der Waals surface area (Å²) in [5.74, 6) is 0.102. The van der Waals surface area contributed by atoms with Crippen LogP contribution in [0.1, 0.15) is 32.3 Å². The Morgan fingerprint density at radius 2 is 2.00 bits per heavy atom. The van der Waals surface area contributed by atoms with Crippen LogP contribution >= 0.6 is 0 Å². The van der Waals surface area contributed by atoms with Gasteiger partial charge in [0.15, 0.2) is 0 Å². The molecule has 1 atom stereocenters. The van der Waals surface area contributed by atoms with Gasteiger partial charge in [0, 0.05) is 25.6 Å². The van der Waals surface area contributed by atoms with E-state index in [9.17, 15) is 4.79 Å². The van der Waals surface area contributed by atoms with E-state index in [2.05, 4.69) is 24.5 Å². The molecule has 3 heteroatoms. The maximum Gasteiger partial charge on any atom is 0.221 e. The summed E-state index contributed by atoms with van der Waals surface area (Å²) in [6, 6.07) is 10.4. The van der Waals surface area contributed by atoms with Crippen molar-refractivity contribution in [3.63, 3.8) is 0 Å². The van der Waals surface area contributed by atoms with Crippen LogP contribution in [0.5, 0.6) is 0 Å². The van der Waals surface area contributed by atoms with Crippen molar-refractivity contribution in [2.45, 2.75) is 39.3 Å². The van der Waals surface area contributed by atoms with Crippen molar-refractivity contribution in [1.29, 1.82) is 0 Å². The van der Waals surface area contributed by atoms with E-state index in [0.29, 0.717) is 19.0 Å². The van der Waals surface area contributed by atoms with Gasteiger partial charge in [-0.1, -0.05) is 37.3 Å². The van der Waals surface area contributed by atoms with Crippen LogP contribution in [0, 0.1) is 0 Å². The minimum atomic E-state index is 0.102. The Bertz CT molecular complexity index is 324. The molecule has 17 heavy (non-hydrogen) atoms. The maximum absolute atomic E-state index is 11.5. The molecule has 1 aromatic rings. The van der Waals surface area contributed by atoms with Gasteiger partial charge in [-0.15, -0.1) is 0 Å². The summed E-state index contributed by atoms with van der Waals surface area (Å²) in [6.45, 7) is 5.62. The van der Waals surface area contributed by atoms with E-state index in [1.54, 1.807) is 0 Å². The topological polar surface area (TPSA) is 41.1 Å². The first-order valence-electron chi connectivity index (χ1n) is 6.26. The summed E-state index contributed by atoms with van der Waals surface area (Å²) in [5.41, 5.74) is 1.13. The molecule has 0 aromatic heterocycles. The first kappa shape index (κ1) is 13.7. The predicted molar refractivity (Wildman–Crippen MR) is 70.7 cm³/mol. The molecular weight excluding hydrogens is 212 g/mol. The molecule has 0 spiro atoms. The van der Waals surface area contributed by atoms with Gasteiger partial charge in [0.25, 0.3) is 0 Å².